The van der Waals surface area contributed by atoms with Crippen LogP contribution in [0.5, 0.6) is 0 Å². The minimum Gasteiger partial charge on any atom is -0.382 e. The molecule has 0 heterocycles. The normalized spacial score (nSPS) is 15.0. The van der Waals surface area contributed by atoms with Crippen LogP contribution < -0.4 is 0 Å². The molecular weight excluding hydrogens is 661 g/mol. The Bertz CT molecular complexity index is 913. The lowest BCUT2D eigenvalue weighted by molar-refractivity contribution is -0.428. The van der Waals surface area contributed by atoms with Crippen LogP contribution in [0, 0.1) is 0 Å². The van der Waals surface area contributed by atoms with E-state index in [9.17, 15) is 74.3 Å². The fraction of sp³-hybridized carbons (Fsp3) is 1.00. The minimum absolute atomic E-state index is 0.0778. The summed E-state index contributed by atoms with van der Waals surface area (Å²) in [4.78, 5) is 0. The highest BCUT2D eigenvalue weighted by Gasteiger charge is 2.90. The van der Waals surface area contributed by atoms with Gasteiger partial charge in [0.25, 0.3) is 0 Å². The first-order valence-electron chi connectivity index (χ1n) is 10.8. The molecule has 0 fully saturated rings. The molecule has 254 valence electrons. The van der Waals surface area contributed by atoms with Crippen molar-refractivity contribution < 1.29 is 102 Å². The summed E-state index contributed by atoms with van der Waals surface area (Å²) in [6.07, 6.45) is 0. The van der Waals surface area contributed by atoms with Gasteiger partial charge in [-0.3, -0.25) is 4.18 Å². The van der Waals surface area contributed by atoms with Crippen LogP contribution in [-0.4, -0.2) is 123 Å². The summed E-state index contributed by atoms with van der Waals surface area (Å²) in [7, 11) is -5.78. The van der Waals surface area contributed by atoms with Crippen molar-refractivity contribution in [2.75, 3.05) is 73.2 Å². The van der Waals surface area contributed by atoms with Crippen LogP contribution in [0.4, 0.5) is 65.9 Å². The Kier molecular flexibility index (Phi) is 14.6. The van der Waals surface area contributed by atoms with Gasteiger partial charge in [0.05, 0.1) is 52.9 Å². The topological polar surface area (TPSA) is 89.5 Å². The predicted octanol–water partition coefficient (Wildman–Crippen LogP) is 4.38. The molecule has 0 radical (unpaired) electrons. The molecule has 0 aromatic rings. The predicted molar refractivity (Wildman–Crippen MR) is 106 cm³/mol. The van der Waals surface area contributed by atoms with Gasteiger partial charge in [-0.2, -0.15) is 74.3 Å². The highest BCUT2D eigenvalue weighted by molar-refractivity contribution is 7.87. The number of methoxy groups -OCH3 is 1. The molecule has 0 rings (SSSR count). The third kappa shape index (κ3) is 9.58. The van der Waals surface area contributed by atoms with Crippen molar-refractivity contribution in [3.05, 3.63) is 0 Å². The van der Waals surface area contributed by atoms with E-state index in [0.29, 0.717) is 6.61 Å². The number of halogens is 15. The van der Waals surface area contributed by atoms with Gasteiger partial charge in [-0.05, 0) is 0 Å². The van der Waals surface area contributed by atoms with Gasteiger partial charge < -0.3 is 23.7 Å². The number of alkyl halides is 15. The third-order valence-electron chi connectivity index (χ3n) is 4.61. The first-order chi connectivity index (χ1) is 18.8. The molecule has 0 amide bonds. The van der Waals surface area contributed by atoms with Crippen LogP contribution in [0.15, 0.2) is 0 Å². The zero-order valence-electron chi connectivity index (χ0n) is 20.9. The van der Waals surface area contributed by atoms with Gasteiger partial charge in [0.1, 0.15) is 13.2 Å². The molecule has 42 heavy (non-hydrogen) atoms. The molecule has 0 aromatic heterocycles. The summed E-state index contributed by atoms with van der Waals surface area (Å²) in [6, 6.07) is 0. The second-order valence-electron chi connectivity index (χ2n) is 7.75. The molecule has 0 atom stereocenters. The Morgan fingerprint density at radius 1 is 0.452 bits per heavy atom. The Balaban J connectivity index is 5.19. The molecule has 0 unspecified atom stereocenters. The van der Waals surface area contributed by atoms with Gasteiger partial charge >= 0.3 is 51.2 Å². The van der Waals surface area contributed by atoms with E-state index in [1.165, 1.54) is 7.11 Å². The molecule has 24 heteroatoms. The monoisotopic (exact) mass is 684 g/mol. The van der Waals surface area contributed by atoms with E-state index in [-0.39, 0.29) is 33.0 Å². The third-order valence-corrected chi connectivity index (χ3v) is 5.61. The molecule has 0 aliphatic carbocycles. The lowest BCUT2D eigenvalue weighted by Crippen LogP contribution is -2.71. The van der Waals surface area contributed by atoms with E-state index in [0.717, 1.165) is 0 Å². The number of rotatable bonds is 22. The number of hydrogen-bond donors (Lipinski definition) is 0. The summed E-state index contributed by atoms with van der Waals surface area (Å²) in [6.45, 7) is -8.14. The van der Waals surface area contributed by atoms with E-state index in [1.807, 2.05) is 0 Å². The zero-order valence-corrected chi connectivity index (χ0v) is 21.7. The smallest absolute Gasteiger partial charge is 0.382 e. The molecular formula is C18H23F15O8S. The largest absolute Gasteiger partial charge is 0.523 e. The molecule has 0 N–H and O–H groups in total. The van der Waals surface area contributed by atoms with E-state index in [4.69, 9.17) is 18.9 Å². The van der Waals surface area contributed by atoms with E-state index in [1.54, 1.807) is 0 Å². The first-order valence-corrected chi connectivity index (χ1v) is 12.2. The lowest BCUT2D eigenvalue weighted by Gasteiger charge is -2.41. The van der Waals surface area contributed by atoms with Gasteiger partial charge in [-0.1, -0.05) is 0 Å². The van der Waals surface area contributed by atoms with Crippen molar-refractivity contribution in [2.24, 2.45) is 0 Å². The second kappa shape index (κ2) is 15.1. The standard InChI is InChI=1S/C18H23F15O8S/c1-36-2-3-37-4-5-38-6-7-39-8-9-40-10-12(19,20)14(23,24)16(27,28)17(29,30)15(25,26)13(21,22)11-41-42(34,35)18(31,32)33/h2-11H2,1H3. The van der Waals surface area contributed by atoms with E-state index < -0.39 is 77.6 Å². The van der Waals surface area contributed by atoms with E-state index in [2.05, 4.69) is 8.92 Å². The Morgan fingerprint density at radius 3 is 1.10 bits per heavy atom. The highest BCUT2D eigenvalue weighted by Crippen LogP contribution is 2.60. The van der Waals surface area contributed by atoms with Crippen LogP contribution in [0.2, 0.25) is 0 Å². The van der Waals surface area contributed by atoms with Crippen molar-refractivity contribution in [2.45, 2.75) is 41.0 Å². The molecule has 0 spiro atoms. The van der Waals surface area contributed by atoms with Crippen LogP contribution in [0.1, 0.15) is 0 Å². The highest BCUT2D eigenvalue weighted by atomic mass is 32.2. The zero-order chi connectivity index (χ0) is 33.3. The van der Waals surface area contributed by atoms with Crippen LogP contribution in [0.25, 0.3) is 0 Å². The maximum absolute atomic E-state index is 13.8. The first kappa shape index (κ1) is 40.7. The van der Waals surface area contributed by atoms with Crippen LogP contribution in [0.3, 0.4) is 0 Å². The average Bonchev–Trinajstić information content (AvgIpc) is 2.84. The number of ether oxygens (including phenoxy) is 5. The van der Waals surface area contributed by atoms with Gasteiger partial charge in [0, 0.05) is 7.11 Å². The molecule has 0 saturated heterocycles. The maximum atomic E-state index is 13.8. The van der Waals surface area contributed by atoms with Gasteiger partial charge in [-0.25, -0.2) is 0 Å². The molecule has 0 aliphatic heterocycles. The van der Waals surface area contributed by atoms with Crippen LogP contribution >= 0.6 is 0 Å². The second-order valence-corrected chi connectivity index (χ2v) is 9.36. The average molecular weight is 684 g/mol. The number of hydrogen-bond acceptors (Lipinski definition) is 8. The fourth-order valence-electron chi connectivity index (χ4n) is 2.26. The molecule has 0 aromatic carbocycles. The van der Waals surface area contributed by atoms with Crippen molar-refractivity contribution in [1.29, 1.82) is 0 Å². The molecule has 8 nitrogen and oxygen atoms in total. The summed E-state index contributed by atoms with van der Waals surface area (Å²) in [5, 5.41) is 0. The Labute approximate surface area is 227 Å². The quantitative estimate of drug-likeness (QED) is 0.0720. The van der Waals surface area contributed by atoms with Crippen LogP contribution in [-0.2, 0) is 38.0 Å². The molecule has 0 aliphatic rings. The van der Waals surface area contributed by atoms with Crippen molar-refractivity contribution in [1.82, 2.24) is 0 Å². The van der Waals surface area contributed by atoms with E-state index >= 15 is 0 Å². The Morgan fingerprint density at radius 2 is 0.762 bits per heavy atom. The SMILES string of the molecule is COCCOCCOCCOCCOCC(F)(F)C(F)(F)C(F)(F)C(F)(F)C(F)(F)C(F)(F)COS(=O)(=O)C(F)(F)F. The van der Waals surface area contributed by atoms with Crippen molar-refractivity contribution in [3.63, 3.8) is 0 Å². The maximum Gasteiger partial charge on any atom is 0.523 e. The van der Waals surface area contributed by atoms with Gasteiger partial charge in [0.2, 0.25) is 0 Å². The lowest BCUT2D eigenvalue weighted by atomic mass is 9.92. The van der Waals surface area contributed by atoms with Crippen molar-refractivity contribution in [3.8, 4) is 0 Å². The van der Waals surface area contributed by atoms with Gasteiger partial charge in [0.15, 0.2) is 0 Å². The summed E-state index contributed by atoms with van der Waals surface area (Å²) < 4.78 is 247. The Hall–Kier alpha value is -1.34. The minimum atomic E-state index is -8.15. The van der Waals surface area contributed by atoms with Gasteiger partial charge in [-0.15, -0.1) is 0 Å². The fourth-order valence-corrected chi connectivity index (χ4v) is 2.69. The summed E-state index contributed by atoms with van der Waals surface area (Å²) >= 11 is 0. The summed E-state index contributed by atoms with van der Waals surface area (Å²) in [5.41, 5.74) is -6.60. The molecule has 0 saturated carbocycles. The van der Waals surface area contributed by atoms with Crippen molar-refractivity contribution >= 4 is 10.1 Å². The summed E-state index contributed by atoms with van der Waals surface area (Å²) in [5.74, 6) is -45.2. The molecule has 0 bridgehead atoms.